The molecule has 19 heavy (non-hydrogen) atoms. The van der Waals surface area contributed by atoms with Gasteiger partial charge in [-0.05, 0) is 49.6 Å². The Hall–Kier alpha value is -1.67. The van der Waals surface area contributed by atoms with Gasteiger partial charge in [-0.25, -0.2) is 0 Å². The zero-order valence-electron chi connectivity index (χ0n) is 11.6. The third-order valence-corrected chi connectivity index (χ3v) is 4.00. The second-order valence-corrected chi connectivity index (χ2v) is 5.37. The molecular weight excluding hydrogens is 232 g/mol. The monoisotopic (exact) mass is 252 g/mol. The molecule has 1 aliphatic carbocycles. The van der Waals surface area contributed by atoms with Gasteiger partial charge in [-0.2, -0.15) is 0 Å². The Kier molecular flexibility index (Phi) is 3.34. The molecule has 0 radical (unpaired) electrons. The van der Waals surface area contributed by atoms with E-state index in [1.807, 2.05) is 19.3 Å². The lowest BCUT2D eigenvalue weighted by Gasteiger charge is -2.17. The molecule has 0 fully saturated rings. The van der Waals surface area contributed by atoms with Crippen LogP contribution >= 0.6 is 0 Å². The summed E-state index contributed by atoms with van der Waals surface area (Å²) in [5, 5.41) is 3.27. The first kappa shape index (κ1) is 12.4. The molecule has 0 bridgehead atoms. The van der Waals surface area contributed by atoms with Crippen LogP contribution in [-0.4, -0.2) is 12.0 Å². The fourth-order valence-electron chi connectivity index (χ4n) is 3.11. The maximum atomic E-state index is 4.63. The summed E-state index contributed by atoms with van der Waals surface area (Å²) in [7, 11) is 2.00. The normalized spacial score (nSPS) is 17.5. The van der Waals surface area contributed by atoms with Gasteiger partial charge in [0.1, 0.15) is 0 Å². The van der Waals surface area contributed by atoms with Crippen molar-refractivity contribution in [3.8, 4) is 0 Å². The molecule has 0 saturated heterocycles. The predicted octanol–water partition coefficient (Wildman–Crippen LogP) is 3.19. The van der Waals surface area contributed by atoms with Crippen LogP contribution in [0.1, 0.15) is 40.3 Å². The van der Waals surface area contributed by atoms with Crippen molar-refractivity contribution in [3.05, 3.63) is 64.5 Å². The lowest BCUT2D eigenvalue weighted by molar-refractivity contribution is 0.737. The summed E-state index contributed by atoms with van der Waals surface area (Å²) < 4.78 is 0. The Morgan fingerprint density at radius 2 is 2.21 bits per heavy atom. The van der Waals surface area contributed by atoms with Crippen LogP contribution in [0, 0.1) is 6.92 Å². The topological polar surface area (TPSA) is 24.9 Å². The SMILES string of the molecule is CNCc1ccc(C)cc1C1CCc2cccnc21. The summed E-state index contributed by atoms with van der Waals surface area (Å²) >= 11 is 0. The Morgan fingerprint density at radius 3 is 3.05 bits per heavy atom. The number of benzene rings is 1. The molecule has 3 rings (SSSR count). The number of pyridine rings is 1. The maximum Gasteiger partial charge on any atom is 0.0510 e. The molecule has 2 heteroatoms. The average Bonchev–Trinajstić information content (AvgIpc) is 2.85. The third-order valence-electron chi connectivity index (χ3n) is 4.00. The first-order valence-corrected chi connectivity index (χ1v) is 6.97. The Labute approximate surface area is 114 Å². The molecule has 0 amide bonds. The highest BCUT2D eigenvalue weighted by atomic mass is 14.8. The number of nitrogens with one attached hydrogen (secondary N) is 1. The van der Waals surface area contributed by atoms with Crippen LogP contribution in [0.3, 0.4) is 0 Å². The highest BCUT2D eigenvalue weighted by Crippen LogP contribution is 2.38. The molecule has 1 N–H and O–H groups in total. The molecule has 2 aromatic rings. The van der Waals surface area contributed by atoms with Crippen LogP contribution in [-0.2, 0) is 13.0 Å². The van der Waals surface area contributed by atoms with Gasteiger partial charge in [0.05, 0.1) is 5.69 Å². The predicted molar refractivity (Wildman–Crippen MR) is 78.3 cm³/mol. The van der Waals surface area contributed by atoms with E-state index >= 15 is 0 Å². The smallest absolute Gasteiger partial charge is 0.0510 e. The molecule has 1 atom stereocenters. The van der Waals surface area contributed by atoms with Crippen LogP contribution in [0.5, 0.6) is 0 Å². The van der Waals surface area contributed by atoms with E-state index in [0.29, 0.717) is 5.92 Å². The Balaban J connectivity index is 2.05. The van der Waals surface area contributed by atoms with Crippen LogP contribution in [0.15, 0.2) is 36.5 Å². The molecular formula is C17H20N2. The van der Waals surface area contributed by atoms with Crippen molar-refractivity contribution < 1.29 is 0 Å². The van der Waals surface area contributed by atoms with Crippen molar-refractivity contribution in [2.75, 3.05) is 7.05 Å². The van der Waals surface area contributed by atoms with Gasteiger partial charge in [0.2, 0.25) is 0 Å². The van der Waals surface area contributed by atoms with Crippen molar-refractivity contribution in [3.63, 3.8) is 0 Å². The van der Waals surface area contributed by atoms with Gasteiger partial charge in [-0.1, -0.05) is 29.8 Å². The zero-order chi connectivity index (χ0) is 13.2. The van der Waals surface area contributed by atoms with Gasteiger partial charge in [0.25, 0.3) is 0 Å². The van der Waals surface area contributed by atoms with E-state index in [1.165, 1.54) is 34.4 Å². The Morgan fingerprint density at radius 1 is 1.32 bits per heavy atom. The van der Waals surface area contributed by atoms with E-state index < -0.39 is 0 Å². The van der Waals surface area contributed by atoms with Gasteiger partial charge in [0.15, 0.2) is 0 Å². The summed E-state index contributed by atoms with van der Waals surface area (Å²) in [5.74, 6) is 0.472. The quantitative estimate of drug-likeness (QED) is 0.907. The first-order chi connectivity index (χ1) is 9.29. The molecule has 98 valence electrons. The van der Waals surface area contributed by atoms with Crippen molar-refractivity contribution in [2.45, 2.75) is 32.2 Å². The lowest BCUT2D eigenvalue weighted by atomic mass is 9.90. The van der Waals surface area contributed by atoms with Crippen molar-refractivity contribution in [2.24, 2.45) is 0 Å². The van der Waals surface area contributed by atoms with E-state index in [4.69, 9.17) is 0 Å². The number of fused-ring (bicyclic) bond motifs is 1. The number of nitrogens with zero attached hydrogens (tertiary/aromatic N) is 1. The zero-order valence-corrected chi connectivity index (χ0v) is 11.6. The second-order valence-electron chi connectivity index (χ2n) is 5.37. The summed E-state index contributed by atoms with van der Waals surface area (Å²) in [6.45, 7) is 3.09. The van der Waals surface area contributed by atoms with E-state index in [-0.39, 0.29) is 0 Å². The number of rotatable bonds is 3. The standard InChI is InChI=1S/C17H20N2/c1-12-5-6-14(11-18-2)16(10-12)15-8-7-13-4-3-9-19-17(13)15/h3-6,9-10,15,18H,7-8,11H2,1-2H3. The fraction of sp³-hybridized carbons (Fsp3) is 0.353. The Bertz CT molecular complexity index is 590. The summed E-state index contributed by atoms with van der Waals surface area (Å²) in [5.41, 5.74) is 6.89. The van der Waals surface area contributed by atoms with Crippen LogP contribution in [0.4, 0.5) is 0 Å². The van der Waals surface area contributed by atoms with Crippen molar-refractivity contribution >= 4 is 0 Å². The highest BCUT2D eigenvalue weighted by molar-refractivity contribution is 5.43. The molecule has 1 aromatic heterocycles. The molecule has 1 aromatic carbocycles. The maximum absolute atomic E-state index is 4.63. The molecule has 1 heterocycles. The minimum atomic E-state index is 0.472. The highest BCUT2D eigenvalue weighted by Gasteiger charge is 2.26. The summed E-state index contributed by atoms with van der Waals surface area (Å²) in [6, 6.07) is 11.1. The van der Waals surface area contributed by atoms with Crippen LogP contribution in [0.25, 0.3) is 0 Å². The number of hydrogen-bond donors (Lipinski definition) is 1. The number of aryl methyl sites for hydroxylation is 2. The second kappa shape index (κ2) is 5.14. The van der Waals surface area contributed by atoms with Gasteiger partial charge in [-0.15, -0.1) is 0 Å². The lowest BCUT2D eigenvalue weighted by Crippen LogP contribution is -2.10. The van der Waals surface area contributed by atoms with Crippen molar-refractivity contribution in [1.29, 1.82) is 0 Å². The van der Waals surface area contributed by atoms with Crippen molar-refractivity contribution in [1.82, 2.24) is 10.3 Å². The van der Waals surface area contributed by atoms with Gasteiger partial charge in [0, 0.05) is 18.7 Å². The molecule has 0 saturated carbocycles. The summed E-state index contributed by atoms with van der Waals surface area (Å²) in [6.07, 6.45) is 4.26. The molecule has 1 aliphatic rings. The molecule has 2 nitrogen and oxygen atoms in total. The van der Waals surface area contributed by atoms with E-state index in [1.54, 1.807) is 0 Å². The van der Waals surface area contributed by atoms with Crippen LogP contribution in [0.2, 0.25) is 0 Å². The van der Waals surface area contributed by atoms with Gasteiger partial charge in [-0.3, -0.25) is 4.98 Å². The minimum Gasteiger partial charge on any atom is -0.316 e. The molecule has 0 aliphatic heterocycles. The average molecular weight is 252 g/mol. The third kappa shape index (κ3) is 2.28. The van der Waals surface area contributed by atoms with E-state index in [0.717, 1.165) is 13.0 Å². The van der Waals surface area contributed by atoms with Crippen LogP contribution < -0.4 is 5.32 Å². The van der Waals surface area contributed by atoms with E-state index in [2.05, 4.69) is 41.5 Å². The largest absolute Gasteiger partial charge is 0.316 e. The first-order valence-electron chi connectivity index (χ1n) is 6.97. The molecule has 0 spiro atoms. The van der Waals surface area contributed by atoms with Gasteiger partial charge >= 0.3 is 0 Å². The summed E-state index contributed by atoms with van der Waals surface area (Å²) in [4.78, 5) is 4.63. The fourth-order valence-corrected chi connectivity index (χ4v) is 3.11. The minimum absolute atomic E-state index is 0.472. The van der Waals surface area contributed by atoms with E-state index in [9.17, 15) is 0 Å². The molecule has 1 unspecified atom stereocenters. The van der Waals surface area contributed by atoms with Gasteiger partial charge < -0.3 is 5.32 Å². The number of hydrogen-bond acceptors (Lipinski definition) is 2. The number of aromatic nitrogens is 1.